The zero-order chi connectivity index (χ0) is 19.7. The maximum atomic E-state index is 13.4. The molecule has 4 rings (SSSR count). The highest BCUT2D eigenvalue weighted by molar-refractivity contribution is 5.93. The summed E-state index contributed by atoms with van der Waals surface area (Å²) in [5.41, 5.74) is 1.40. The number of halogens is 1. The highest BCUT2D eigenvalue weighted by Crippen LogP contribution is 2.33. The molecule has 6 nitrogen and oxygen atoms in total. The molecule has 1 aromatic carbocycles. The lowest BCUT2D eigenvalue weighted by atomic mass is 10.1. The van der Waals surface area contributed by atoms with Crippen molar-refractivity contribution in [3.8, 4) is 0 Å². The van der Waals surface area contributed by atoms with Gasteiger partial charge in [0.05, 0.1) is 6.20 Å². The van der Waals surface area contributed by atoms with Crippen LogP contribution in [0.5, 0.6) is 0 Å². The fourth-order valence-electron chi connectivity index (χ4n) is 3.72. The van der Waals surface area contributed by atoms with Crippen LogP contribution in [0.25, 0.3) is 0 Å². The SMILES string of the molecule is CC(C)n1nccc1C(=O)N1CCC[C@@H]1c1ncc(Cc2cccc(F)c2)o1. The van der Waals surface area contributed by atoms with Crippen molar-refractivity contribution in [1.82, 2.24) is 19.7 Å². The van der Waals surface area contributed by atoms with E-state index in [0.717, 1.165) is 18.4 Å². The molecule has 1 saturated heterocycles. The first-order valence-electron chi connectivity index (χ1n) is 9.56. The molecule has 1 aliphatic heterocycles. The van der Waals surface area contributed by atoms with Crippen LogP contribution in [0.2, 0.25) is 0 Å². The largest absolute Gasteiger partial charge is 0.443 e. The summed E-state index contributed by atoms with van der Waals surface area (Å²) in [5.74, 6) is 0.866. The van der Waals surface area contributed by atoms with Crippen LogP contribution in [0.15, 0.2) is 47.1 Å². The van der Waals surface area contributed by atoms with Gasteiger partial charge in [0, 0.05) is 25.2 Å². The Morgan fingerprint density at radius 3 is 3.00 bits per heavy atom. The van der Waals surface area contributed by atoms with Gasteiger partial charge in [0.2, 0.25) is 5.89 Å². The molecule has 3 heterocycles. The van der Waals surface area contributed by atoms with Crippen molar-refractivity contribution >= 4 is 5.91 Å². The van der Waals surface area contributed by atoms with E-state index in [9.17, 15) is 9.18 Å². The first kappa shape index (κ1) is 18.4. The molecule has 0 aliphatic carbocycles. The zero-order valence-corrected chi connectivity index (χ0v) is 16.0. The average molecular weight is 382 g/mol. The van der Waals surface area contributed by atoms with E-state index in [1.807, 2.05) is 24.8 Å². The number of rotatable bonds is 5. The Morgan fingerprint density at radius 1 is 1.36 bits per heavy atom. The summed E-state index contributed by atoms with van der Waals surface area (Å²) in [6, 6.07) is 8.10. The van der Waals surface area contributed by atoms with Gasteiger partial charge in [-0.25, -0.2) is 9.37 Å². The van der Waals surface area contributed by atoms with Gasteiger partial charge < -0.3 is 9.32 Å². The summed E-state index contributed by atoms with van der Waals surface area (Å²) < 4.78 is 21.1. The average Bonchev–Trinajstić information content (AvgIpc) is 3.41. The molecule has 0 spiro atoms. The molecule has 3 aromatic rings. The molecule has 1 amide bonds. The van der Waals surface area contributed by atoms with Crippen molar-refractivity contribution in [1.29, 1.82) is 0 Å². The van der Waals surface area contributed by atoms with E-state index in [-0.39, 0.29) is 23.8 Å². The van der Waals surface area contributed by atoms with Crippen LogP contribution >= 0.6 is 0 Å². The van der Waals surface area contributed by atoms with Crippen LogP contribution in [-0.2, 0) is 6.42 Å². The zero-order valence-electron chi connectivity index (χ0n) is 16.0. The second-order valence-electron chi connectivity index (χ2n) is 7.38. The van der Waals surface area contributed by atoms with Gasteiger partial charge in [-0.3, -0.25) is 9.48 Å². The molecule has 0 bridgehead atoms. The summed E-state index contributed by atoms with van der Waals surface area (Å²) >= 11 is 0. The lowest BCUT2D eigenvalue weighted by Crippen LogP contribution is -2.32. The van der Waals surface area contributed by atoms with Crippen molar-refractivity contribution in [3.63, 3.8) is 0 Å². The van der Waals surface area contributed by atoms with Crippen molar-refractivity contribution in [2.45, 2.75) is 45.2 Å². The Labute approximate surface area is 163 Å². The monoisotopic (exact) mass is 382 g/mol. The second-order valence-corrected chi connectivity index (χ2v) is 7.38. The molecule has 7 heteroatoms. The number of likely N-dealkylation sites (tertiary alicyclic amines) is 1. The summed E-state index contributed by atoms with van der Waals surface area (Å²) in [5, 5.41) is 4.26. The maximum absolute atomic E-state index is 13.4. The van der Waals surface area contributed by atoms with Crippen molar-refractivity contribution in [2.24, 2.45) is 0 Å². The summed E-state index contributed by atoms with van der Waals surface area (Å²) in [7, 11) is 0. The predicted molar refractivity (Wildman–Crippen MR) is 101 cm³/mol. The smallest absolute Gasteiger partial charge is 0.272 e. The molecular weight excluding hydrogens is 359 g/mol. The Hall–Kier alpha value is -2.96. The lowest BCUT2D eigenvalue weighted by Gasteiger charge is -2.23. The van der Waals surface area contributed by atoms with Crippen LogP contribution in [0.4, 0.5) is 4.39 Å². The fraction of sp³-hybridized carbons (Fsp3) is 0.381. The number of aromatic nitrogens is 3. The normalized spacial score (nSPS) is 16.9. The molecule has 28 heavy (non-hydrogen) atoms. The Balaban J connectivity index is 1.53. The molecule has 1 atom stereocenters. The summed E-state index contributed by atoms with van der Waals surface area (Å²) in [4.78, 5) is 19.3. The maximum Gasteiger partial charge on any atom is 0.272 e. The van der Waals surface area contributed by atoms with Gasteiger partial charge in [-0.05, 0) is 50.5 Å². The fourth-order valence-corrected chi connectivity index (χ4v) is 3.72. The molecule has 1 aliphatic rings. The summed E-state index contributed by atoms with van der Waals surface area (Å²) in [6.45, 7) is 4.66. The highest BCUT2D eigenvalue weighted by Gasteiger charge is 2.35. The first-order chi connectivity index (χ1) is 13.5. The number of hydrogen-bond acceptors (Lipinski definition) is 4. The Bertz CT molecular complexity index is 978. The number of carbonyl (C=O) groups is 1. The third-order valence-corrected chi connectivity index (χ3v) is 5.02. The van der Waals surface area contributed by atoms with E-state index >= 15 is 0 Å². The number of oxazole rings is 1. The molecule has 0 unspecified atom stereocenters. The lowest BCUT2D eigenvalue weighted by molar-refractivity contribution is 0.0700. The predicted octanol–water partition coefficient (Wildman–Crippen LogP) is 4.16. The van der Waals surface area contributed by atoms with Gasteiger partial charge in [-0.1, -0.05) is 12.1 Å². The third-order valence-electron chi connectivity index (χ3n) is 5.02. The van der Waals surface area contributed by atoms with Gasteiger partial charge in [0.25, 0.3) is 5.91 Å². The Morgan fingerprint density at radius 2 is 2.21 bits per heavy atom. The van der Waals surface area contributed by atoms with E-state index in [1.54, 1.807) is 29.2 Å². The topological polar surface area (TPSA) is 64.2 Å². The minimum absolute atomic E-state index is 0.0569. The minimum atomic E-state index is -0.272. The molecule has 0 saturated carbocycles. The van der Waals surface area contributed by atoms with Crippen LogP contribution in [-0.4, -0.2) is 32.1 Å². The van der Waals surface area contributed by atoms with Crippen molar-refractivity contribution < 1.29 is 13.6 Å². The molecule has 0 radical (unpaired) electrons. The molecule has 2 aromatic heterocycles. The van der Waals surface area contributed by atoms with Gasteiger partial charge in [0.15, 0.2) is 0 Å². The van der Waals surface area contributed by atoms with Gasteiger partial charge >= 0.3 is 0 Å². The van der Waals surface area contributed by atoms with E-state index in [2.05, 4.69) is 10.1 Å². The van der Waals surface area contributed by atoms with Crippen LogP contribution < -0.4 is 0 Å². The van der Waals surface area contributed by atoms with Crippen LogP contribution in [0.1, 0.15) is 66.5 Å². The summed E-state index contributed by atoms with van der Waals surface area (Å²) in [6.07, 6.45) is 5.49. The van der Waals surface area contributed by atoms with E-state index in [4.69, 9.17) is 4.42 Å². The van der Waals surface area contributed by atoms with Gasteiger partial charge in [-0.2, -0.15) is 5.10 Å². The number of amides is 1. The number of nitrogens with zero attached hydrogens (tertiary/aromatic N) is 4. The first-order valence-corrected chi connectivity index (χ1v) is 9.56. The molecule has 0 N–H and O–H groups in total. The Kier molecular flexibility index (Phi) is 4.98. The second kappa shape index (κ2) is 7.58. The van der Waals surface area contributed by atoms with Crippen LogP contribution in [0.3, 0.4) is 0 Å². The standard InChI is InChI=1S/C21H23FN4O2/c1-14(2)26-19(8-9-24-26)21(27)25-10-4-7-18(25)20-23-13-17(28-20)12-15-5-3-6-16(22)11-15/h3,5-6,8-9,11,13-14,18H,4,7,10,12H2,1-2H3/t18-/m1/s1. The molecule has 146 valence electrons. The van der Waals surface area contributed by atoms with E-state index in [0.29, 0.717) is 30.3 Å². The van der Waals surface area contributed by atoms with Gasteiger partial charge in [0.1, 0.15) is 23.3 Å². The number of carbonyl (C=O) groups excluding carboxylic acids is 1. The molecule has 1 fully saturated rings. The van der Waals surface area contributed by atoms with Crippen molar-refractivity contribution in [2.75, 3.05) is 6.54 Å². The minimum Gasteiger partial charge on any atom is -0.443 e. The van der Waals surface area contributed by atoms with Gasteiger partial charge in [-0.15, -0.1) is 0 Å². The molecular formula is C21H23FN4O2. The third kappa shape index (κ3) is 3.56. The van der Waals surface area contributed by atoms with E-state index < -0.39 is 0 Å². The highest BCUT2D eigenvalue weighted by atomic mass is 19.1. The van der Waals surface area contributed by atoms with Crippen molar-refractivity contribution in [3.05, 3.63) is 71.5 Å². The van der Waals surface area contributed by atoms with Crippen LogP contribution in [0, 0.1) is 5.82 Å². The van der Waals surface area contributed by atoms with E-state index in [1.165, 1.54) is 12.1 Å². The number of hydrogen-bond donors (Lipinski definition) is 0. The quantitative estimate of drug-likeness (QED) is 0.665. The number of benzene rings is 1.